The third kappa shape index (κ3) is 2.29. The number of amides is 3. The van der Waals surface area contributed by atoms with Crippen molar-refractivity contribution in [3.8, 4) is 0 Å². The van der Waals surface area contributed by atoms with Gasteiger partial charge in [0.2, 0.25) is 0 Å². The fourth-order valence-electron chi connectivity index (χ4n) is 3.06. The van der Waals surface area contributed by atoms with E-state index in [9.17, 15) is 9.59 Å². The Hall–Kier alpha value is -1.62. The van der Waals surface area contributed by atoms with Crippen LogP contribution in [-0.4, -0.2) is 35.7 Å². The molecule has 1 aliphatic rings. The number of imide groups is 1. The molecule has 1 heterocycles. The van der Waals surface area contributed by atoms with Crippen molar-refractivity contribution in [3.63, 3.8) is 0 Å². The van der Waals surface area contributed by atoms with Crippen molar-refractivity contribution in [3.05, 3.63) is 35.9 Å². The van der Waals surface area contributed by atoms with Crippen molar-refractivity contribution in [2.75, 3.05) is 0 Å². The van der Waals surface area contributed by atoms with Crippen LogP contribution in [0.3, 0.4) is 0 Å². The molecule has 1 aromatic carbocycles. The average Bonchev–Trinajstić information content (AvgIpc) is 2.58. The molecule has 0 aliphatic carbocycles. The Kier molecular flexibility index (Phi) is 3.74. The van der Waals surface area contributed by atoms with Crippen LogP contribution < -0.4 is 0 Å². The van der Waals surface area contributed by atoms with Gasteiger partial charge < -0.3 is 4.90 Å². The van der Waals surface area contributed by atoms with Crippen molar-refractivity contribution >= 4 is 20.2 Å². The first-order chi connectivity index (χ1) is 9.61. The zero-order valence-corrected chi connectivity index (χ0v) is 14.7. The fraction of sp³-hybridized carbons (Fsp3) is 0.500. The maximum Gasteiger partial charge on any atom is 0.320 e. The van der Waals surface area contributed by atoms with E-state index in [-0.39, 0.29) is 18.0 Å². The molecule has 3 amide bonds. The van der Waals surface area contributed by atoms with Crippen LogP contribution in [0.15, 0.2) is 30.3 Å². The molecule has 1 saturated heterocycles. The molecule has 1 fully saturated rings. The normalized spacial score (nSPS) is 23.4. The van der Waals surface area contributed by atoms with Crippen LogP contribution in [0.5, 0.6) is 0 Å². The van der Waals surface area contributed by atoms with Crippen molar-refractivity contribution in [1.29, 1.82) is 0 Å². The van der Waals surface area contributed by atoms with Gasteiger partial charge in [0.15, 0.2) is 8.24 Å². The standard InChI is InChI=1S/C16H24N2O2Si/c1-12(2)17-15(20)18(21(4,5)6)14(19)16(17,3)13-10-8-7-9-11-13/h7-12H,1-6H3. The SMILES string of the molecule is CC(C)N1C(=O)N([Si](C)(C)C)C(=O)C1(C)c1ccccc1. The average molecular weight is 304 g/mol. The molecule has 0 N–H and O–H groups in total. The van der Waals surface area contributed by atoms with Crippen molar-refractivity contribution in [2.24, 2.45) is 0 Å². The van der Waals surface area contributed by atoms with Crippen LogP contribution in [0.2, 0.25) is 19.6 Å². The molecule has 0 radical (unpaired) electrons. The van der Waals surface area contributed by atoms with Gasteiger partial charge in [-0.3, -0.25) is 9.36 Å². The monoisotopic (exact) mass is 304 g/mol. The van der Waals surface area contributed by atoms with E-state index in [1.165, 1.54) is 4.57 Å². The summed E-state index contributed by atoms with van der Waals surface area (Å²) >= 11 is 0. The molecule has 1 unspecified atom stereocenters. The minimum Gasteiger partial charge on any atom is -0.304 e. The summed E-state index contributed by atoms with van der Waals surface area (Å²) in [5, 5.41) is 0. The summed E-state index contributed by atoms with van der Waals surface area (Å²) in [6, 6.07) is 9.41. The molecule has 0 saturated carbocycles. The number of hydrogen-bond acceptors (Lipinski definition) is 2. The summed E-state index contributed by atoms with van der Waals surface area (Å²) < 4.78 is 1.53. The number of carbonyl (C=O) groups is 2. The summed E-state index contributed by atoms with van der Waals surface area (Å²) in [6.45, 7) is 11.9. The lowest BCUT2D eigenvalue weighted by atomic mass is 9.90. The molecule has 114 valence electrons. The summed E-state index contributed by atoms with van der Waals surface area (Å²) in [5.41, 5.74) is -0.0370. The van der Waals surface area contributed by atoms with E-state index in [1.54, 1.807) is 4.90 Å². The molecule has 5 heteroatoms. The predicted octanol–water partition coefficient (Wildman–Crippen LogP) is 3.41. The zero-order valence-electron chi connectivity index (χ0n) is 13.7. The van der Waals surface area contributed by atoms with Crippen LogP contribution in [0.25, 0.3) is 0 Å². The molecule has 1 atom stereocenters. The second kappa shape index (κ2) is 4.98. The fourth-order valence-corrected chi connectivity index (χ4v) is 4.57. The number of nitrogens with zero attached hydrogens (tertiary/aromatic N) is 2. The quantitative estimate of drug-likeness (QED) is 0.634. The van der Waals surface area contributed by atoms with Gasteiger partial charge in [-0.25, -0.2) is 4.79 Å². The lowest BCUT2D eigenvalue weighted by Crippen LogP contribution is -2.51. The molecule has 0 aromatic heterocycles. The first kappa shape index (κ1) is 15.8. The molecule has 1 aromatic rings. The lowest BCUT2D eigenvalue weighted by molar-refractivity contribution is -0.130. The third-order valence-electron chi connectivity index (χ3n) is 4.02. The van der Waals surface area contributed by atoms with Gasteiger partial charge in [0.05, 0.1) is 0 Å². The van der Waals surface area contributed by atoms with E-state index in [1.807, 2.05) is 70.7 Å². The van der Waals surface area contributed by atoms with Gasteiger partial charge in [-0.15, -0.1) is 0 Å². The Morgan fingerprint density at radius 3 is 2.00 bits per heavy atom. The second-order valence-electron chi connectivity index (χ2n) is 7.00. The van der Waals surface area contributed by atoms with Gasteiger partial charge in [-0.1, -0.05) is 50.0 Å². The van der Waals surface area contributed by atoms with E-state index < -0.39 is 13.8 Å². The van der Waals surface area contributed by atoms with Crippen molar-refractivity contribution in [2.45, 2.75) is 52.0 Å². The number of carbonyl (C=O) groups excluding carboxylic acids is 2. The lowest BCUT2D eigenvalue weighted by Gasteiger charge is -2.35. The summed E-state index contributed by atoms with van der Waals surface area (Å²) in [4.78, 5) is 27.7. The number of benzene rings is 1. The van der Waals surface area contributed by atoms with Crippen LogP contribution in [0.4, 0.5) is 4.79 Å². The highest BCUT2D eigenvalue weighted by atomic mass is 28.3. The molecule has 4 nitrogen and oxygen atoms in total. The van der Waals surface area contributed by atoms with Gasteiger partial charge >= 0.3 is 6.03 Å². The van der Waals surface area contributed by atoms with E-state index in [0.29, 0.717) is 0 Å². The third-order valence-corrected chi connectivity index (χ3v) is 5.76. The Morgan fingerprint density at radius 2 is 1.57 bits per heavy atom. The Labute approximate surface area is 127 Å². The number of urea groups is 1. The summed E-state index contributed by atoms with van der Waals surface area (Å²) in [6.07, 6.45) is 0. The topological polar surface area (TPSA) is 40.6 Å². The smallest absolute Gasteiger partial charge is 0.304 e. The Balaban J connectivity index is 2.63. The number of hydrogen-bond donors (Lipinski definition) is 0. The van der Waals surface area contributed by atoms with Crippen LogP contribution in [0, 0.1) is 0 Å². The number of rotatable bonds is 3. The molecular formula is C16H24N2O2Si. The van der Waals surface area contributed by atoms with Gasteiger partial charge in [-0.2, -0.15) is 0 Å². The highest BCUT2D eigenvalue weighted by molar-refractivity contribution is 6.78. The molecule has 1 aliphatic heterocycles. The van der Waals surface area contributed by atoms with Gasteiger partial charge in [0, 0.05) is 6.04 Å². The van der Waals surface area contributed by atoms with E-state index in [2.05, 4.69) is 0 Å². The molecule has 2 rings (SSSR count). The van der Waals surface area contributed by atoms with Crippen LogP contribution in [-0.2, 0) is 10.3 Å². The van der Waals surface area contributed by atoms with Gasteiger partial charge in [0.25, 0.3) is 5.91 Å². The minimum atomic E-state index is -2.07. The molecular weight excluding hydrogens is 280 g/mol. The predicted molar refractivity (Wildman–Crippen MR) is 86.4 cm³/mol. The van der Waals surface area contributed by atoms with Crippen LogP contribution in [0.1, 0.15) is 26.3 Å². The Morgan fingerprint density at radius 1 is 1.05 bits per heavy atom. The first-order valence-electron chi connectivity index (χ1n) is 7.35. The summed E-state index contributed by atoms with van der Waals surface area (Å²) in [5.74, 6) is -0.0911. The van der Waals surface area contributed by atoms with E-state index >= 15 is 0 Å². The molecule has 0 bridgehead atoms. The molecule has 21 heavy (non-hydrogen) atoms. The van der Waals surface area contributed by atoms with Crippen LogP contribution >= 0.6 is 0 Å². The highest BCUT2D eigenvalue weighted by Gasteiger charge is 2.58. The largest absolute Gasteiger partial charge is 0.320 e. The van der Waals surface area contributed by atoms with Crippen molar-refractivity contribution < 1.29 is 9.59 Å². The van der Waals surface area contributed by atoms with Gasteiger partial charge in [-0.05, 0) is 26.3 Å². The first-order valence-corrected chi connectivity index (χ1v) is 10.8. The Bertz CT molecular complexity index is 565. The molecule has 0 spiro atoms. The van der Waals surface area contributed by atoms with E-state index in [0.717, 1.165) is 5.56 Å². The summed E-state index contributed by atoms with van der Waals surface area (Å²) in [7, 11) is -2.07. The maximum atomic E-state index is 13.1. The van der Waals surface area contributed by atoms with E-state index in [4.69, 9.17) is 0 Å². The second-order valence-corrected chi connectivity index (χ2v) is 11.8. The minimum absolute atomic E-state index is 0.0343. The maximum absolute atomic E-state index is 13.1. The zero-order chi connectivity index (χ0) is 16.0. The highest BCUT2D eigenvalue weighted by Crippen LogP contribution is 2.40. The van der Waals surface area contributed by atoms with Gasteiger partial charge in [0.1, 0.15) is 5.54 Å². The van der Waals surface area contributed by atoms with Crippen molar-refractivity contribution in [1.82, 2.24) is 9.47 Å².